The van der Waals surface area contributed by atoms with Gasteiger partial charge in [-0.15, -0.1) is 0 Å². The van der Waals surface area contributed by atoms with Crippen LogP contribution in [-0.4, -0.2) is 8.42 Å². The molecule has 0 unspecified atom stereocenters. The van der Waals surface area contributed by atoms with Crippen LogP contribution in [0.15, 0.2) is 94.4 Å². The van der Waals surface area contributed by atoms with Gasteiger partial charge >= 0.3 is 0 Å². The van der Waals surface area contributed by atoms with Gasteiger partial charge in [-0.25, -0.2) is 8.42 Å². The van der Waals surface area contributed by atoms with Crippen LogP contribution in [0.3, 0.4) is 0 Å². The zero-order chi connectivity index (χ0) is 20.6. The molecule has 0 saturated heterocycles. The highest BCUT2D eigenvalue weighted by molar-refractivity contribution is 7.95. The molecule has 0 aromatic heterocycles. The van der Waals surface area contributed by atoms with Crippen molar-refractivity contribution in [1.82, 2.24) is 0 Å². The zero-order valence-corrected chi connectivity index (χ0v) is 17.9. The molecule has 0 fully saturated rings. The quantitative estimate of drug-likeness (QED) is 0.469. The summed E-state index contributed by atoms with van der Waals surface area (Å²) in [5.74, 6) is 0.388. The predicted molar refractivity (Wildman–Crippen MR) is 116 cm³/mol. The molecular formula is C23H18Cl2O3S. The molecular weight excluding hydrogens is 427 g/mol. The van der Waals surface area contributed by atoms with E-state index in [4.69, 9.17) is 27.9 Å². The molecule has 1 aliphatic heterocycles. The molecule has 0 amide bonds. The van der Waals surface area contributed by atoms with Crippen LogP contribution >= 0.6 is 23.2 Å². The molecule has 4 rings (SSSR count). The van der Waals surface area contributed by atoms with Crippen molar-refractivity contribution in [2.75, 3.05) is 0 Å². The number of hydrogen-bond acceptors (Lipinski definition) is 3. The second-order valence-electron chi connectivity index (χ2n) is 6.92. The molecule has 6 heteroatoms. The van der Waals surface area contributed by atoms with Crippen LogP contribution in [0.2, 0.25) is 10.0 Å². The summed E-state index contributed by atoms with van der Waals surface area (Å²) in [6.07, 6.45) is 0.180. The number of halogens is 2. The molecule has 0 spiro atoms. The number of allylic oxidation sites excluding steroid dienone is 1. The number of hydrogen-bond donors (Lipinski definition) is 0. The van der Waals surface area contributed by atoms with Crippen molar-refractivity contribution in [3.63, 3.8) is 0 Å². The van der Waals surface area contributed by atoms with E-state index in [0.29, 0.717) is 15.8 Å². The smallest absolute Gasteiger partial charge is 0.206 e. The Labute approximate surface area is 180 Å². The maximum Gasteiger partial charge on any atom is 0.206 e. The third-order valence-electron chi connectivity index (χ3n) is 5.13. The number of rotatable bonds is 4. The standard InChI is InChI=1S/C23H18Cl2O3S/c1-16-22(29(26,27)21-5-3-2-4-6-21)15-23(28-16,17-7-11-19(24)12-8-17)18-9-13-20(25)14-10-18/h2-14H,15H2,1H3. The first-order valence-electron chi connectivity index (χ1n) is 9.04. The van der Waals surface area contributed by atoms with Crippen molar-refractivity contribution >= 4 is 33.0 Å². The number of sulfone groups is 1. The van der Waals surface area contributed by atoms with Gasteiger partial charge in [-0.05, 0) is 43.3 Å². The Morgan fingerprint density at radius 3 is 1.76 bits per heavy atom. The third kappa shape index (κ3) is 3.57. The topological polar surface area (TPSA) is 43.4 Å². The van der Waals surface area contributed by atoms with Crippen LogP contribution in [0.25, 0.3) is 0 Å². The molecule has 148 valence electrons. The van der Waals surface area contributed by atoms with E-state index in [-0.39, 0.29) is 16.2 Å². The minimum atomic E-state index is -3.69. The lowest BCUT2D eigenvalue weighted by molar-refractivity contribution is 0.0624. The van der Waals surface area contributed by atoms with Crippen molar-refractivity contribution in [2.45, 2.75) is 23.8 Å². The minimum Gasteiger partial charge on any atom is -0.481 e. The molecule has 0 bridgehead atoms. The predicted octanol–water partition coefficient (Wildman–Crippen LogP) is 6.36. The fourth-order valence-electron chi connectivity index (χ4n) is 3.66. The van der Waals surface area contributed by atoms with Crippen LogP contribution in [0.5, 0.6) is 0 Å². The summed E-state index contributed by atoms with van der Waals surface area (Å²) in [5, 5.41) is 1.19. The summed E-state index contributed by atoms with van der Waals surface area (Å²) in [6.45, 7) is 1.70. The van der Waals surface area contributed by atoms with Gasteiger partial charge in [0.25, 0.3) is 0 Å². The lowest BCUT2D eigenvalue weighted by Gasteiger charge is -2.31. The Morgan fingerprint density at radius 1 is 0.793 bits per heavy atom. The Morgan fingerprint density at radius 2 is 1.28 bits per heavy atom. The third-order valence-corrected chi connectivity index (χ3v) is 7.61. The first kappa shape index (κ1) is 20.0. The Bertz CT molecular complexity index is 1120. The van der Waals surface area contributed by atoms with E-state index in [1.807, 2.05) is 24.3 Å². The highest BCUT2D eigenvalue weighted by atomic mass is 35.5. The van der Waals surface area contributed by atoms with Gasteiger partial charge in [0, 0.05) is 27.6 Å². The minimum absolute atomic E-state index is 0.180. The highest BCUT2D eigenvalue weighted by Crippen LogP contribution is 2.49. The van der Waals surface area contributed by atoms with Crippen molar-refractivity contribution in [1.29, 1.82) is 0 Å². The van der Waals surface area contributed by atoms with Crippen molar-refractivity contribution < 1.29 is 13.2 Å². The van der Waals surface area contributed by atoms with Crippen molar-refractivity contribution in [3.05, 3.63) is 111 Å². The van der Waals surface area contributed by atoms with Gasteiger partial charge in [0.05, 0.1) is 9.80 Å². The fraction of sp³-hybridized carbons (Fsp3) is 0.130. The molecule has 0 aliphatic carbocycles. The normalized spacial score (nSPS) is 16.0. The first-order valence-corrected chi connectivity index (χ1v) is 11.3. The molecule has 1 heterocycles. The van der Waals surface area contributed by atoms with Gasteiger partial charge in [-0.1, -0.05) is 65.7 Å². The van der Waals surface area contributed by atoms with E-state index >= 15 is 0 Å². The van der Waals surface area contributed by atoms with Gasteiger partial charge in [0.1, 0.15) is 5.76 Å². The summed E-state index contributed by atoms with van der Waals surface area (Å²) < 4.78 is 33.0. The zero-order valence-electron chi connectivity index (χ0n) is 15.6. The van der Waals surface area contributed by atoms with Crippen LogP contribution in [0, 0.1) is 0 Å². The highest BCUT2D eigenvalue weighted by Gasteiger charge is 2.46. The van der Waals surface area contributed by atoms with E-state index in [1.165, 1.54) is 0 Å². The van der Waals surface area contributed by atoms with Crippen LogP contribution in [0.1, 0.15) is 24.5 Å². The maximum absolute atomic E-state index is 13.3. The van der Waals surface area contributed by atoms with Crippen LogP contribution in [0.4, 0.5) is 0 Å². The van der Waals surface area contributed by atoms with Gasteiger partial charge in [-0.2, -0.15) is 0 Å². The SMILES string of the molecule is CC1=C(S(=O)(=O)c2ccccc2)CC(c2ccc(Cl)cc2)(c2ccc(Cl)cc2)O1. The Kier molecular flexibility index (Phi) is 5.19. The molecule has 3 nitrogen and oxygen atoms in total. The second-order valence-corrected chi connectivity index (χ2v) is 9.76. The number of benzene rings is 3. The summed E-state index contributed by atoms with van der Waals surface area (Å²) >= 11 is 12.2. The average molecular weight is 445 g/mol. The maximum atomic E-state index is 13.3. The van der Waals surface area contributed by atoms with Gasteiger partial charge in [0.2, 0.25) is 9.84 Å². The second kappa shape index (κ2) is 7.52. The summed E-state index contributed by atoms with van der Waals surface area (Å²) in [5.41, 5.74) is 0.667. The van der Waals surface area contributed by atoms with Gasteiger partial charge in [0.15, 0.2) is 5.60 Å². The molecule has 0 atom stereocenters. The molecule has 0 radical (unpaired) electrons. The Balaban J connectivity index is 1.85. The molecule has 0 saturated carbocycles. The average Bonchev–Trinajstić information content (AvgIpc) is 3.09. The van der Waals surface area contributed by atoms with E-state index < -0.39 is 15.4 Å². The van der Waals surface area contributed by atoms with Crippen molar-refractivity contribution in [2.24, 2.45) is 0 Å². The van der Waals surface area contributed by atoms with E-state index in [0.717, 1.165) is 11.1 Å². The van der Waals surface area contributed by atoms with E-state index in [1.54, 1.807) is 61.5 Å². The molecule has 1 aliphatic rings. The van der Waals surface area contributed by atoms with Crippen LogP contribution < -0.4 is 0 Å². The van der Waals surface area contributed by atoms with E-state index in [2.05, 4.69) is 0 Å². The fourth-order valence-corrected chi connectivity index (χ4v) is 5.52. The lowest BCUT2D eigenvalue weighted by Crippen LogP contribution is -2.27. The largest absolute Gasteiger partial charge is 0.481 e. The van der Waals surface area contributed by atoms with Gasteiger partial charge in [-0.3, -0.25) is 0 Å². The first-order chi connectivity index (χ1) is 13.8. The van der Waals surface area contributed by atoms with E-state index in [9.17, 15) is 8.42 Å². The van der Waals surface area contributed by atoms with Gasteiger partial charge < -0.3 is 4.74 Å². The number of ether oxygens (including phenoxy) is 1. The molecule has 0 N–H and O–H groups in total. The Hall–Kier alpha value is -2.27. The van der Waals surface area contributed by atoms with Crippen LogP contribution in [-0.2, 0) is 20.2 Å². The summed E-state index contributed by atoms with van der Waals surface area (Å²) in [7, 11) is -3.69. The molecule has 29 heavy (non-hydrogen) atoms. The summed E-state index contributed by atoms with van der Waals surface area (Å²) in [6, 6.07) is 23.0. The monoisotopic (exact) mass is 444 g/mol. The molecule has 3 aromatic carbocycles. The molecule has 3 aromatic rings. The lowest BCUT2D eigenvalue weighted by atomic mass is 9.84. The van der Waals surface area contributed by atoms with Crippen molar-refractivity contribution in [3.8, 4) is 0 Å². The summed E-state index contributed by atoms with van der Waals surface area (Å²) in [4.78, 5) is 0.523.